The average Bonchev–Trinajstić information content (AvgIpc) is 2.77. The van der Waals surface area contributed by atoms with Crippen LogP contribution >= 0.6 is 0 Å². The van der Waals surface area contributed by atoms with Crippen LogP contribution in [0.25, 0.3) is 0 Å². The van der Waals surface area contributed by atoms with Crippen LogP contribution in [0.1, 0.15) is 24.3 Å². The van der Waals surface area contributed by atoms with E-state index in [0.29, 0.717) is 6.54 Å². The quantitative estimate of drug-likeness (QED) is 0.394. The number of carbonyl (C=O) groups excluding carboxylic acids is 1. The normalized spacial score (nSPS) is 10.4. The molecule has 0 radical (unpaired) electrons. The van der Waals surface area contributed by atoms with E-state index >= 15 is 0 Å². The zero-order valence-electron chi connectivity index (χ0n) is 11.8. The molecule has 0 saturated carbocycles. The van der Waals surface area contributed by atoms with Crippen LogP contribution in [0, 0.1) is 16.0 Å². The maximum absolute atomic E-state index is 12.0. The molecule has 0 aliphatic heterocycles. The molecule has 0 unspecified atom stereocenters. The highest BCUT2D eigenvalue weighted by molar-refractivity contribution is 5.93. The second-order valence-corrected chi connectivity index (χ2v) is 4.87. The minimum atomic E-state index is -1.18. The van der Waals surface area contributed by atoms with Gasteiger partial charge in [0.05, 0.1) is 11.1 Å². The second kappa shape index (κ2) is 7.27. The standard InChI is InChI=1S/C12H18N4O5/c1-8(2)6-15-7-9(16(20)21)5-10(15)11(17)13-3-4-14-12(18)19/h5,7-8,14H,3-4,6H2,1-2H3,(H,13,17)(H,18,19). The zero-order valence-corrected chi connectivity index (χ0v) is 11.8. The van der Waals surface area contributed by atoms with Crippen molar-refractivity contribution >= 4 is 17.7 Å². The summed E-state index contributed by atoms with van der Waals surface area (Å²) in [5.74, 6) is -0.256. The highest BCUT2D eigenvalue weighted by Gasteiger charge is 2.19. The van der Waals surface area contributed by atoms with Gasteiger partial charge in [-0.05, 0) is 5.92 Å². The molecule has 1 aromatic rings. The molecule has 0 spiro atoms. The number of hydrogen-bond donors (Lipinski definition) is 3. The molecule has 0 bridgehead atoms. The van der Waals surface area contributed by atoms with E-state index in [1.54, 1.807) is 0 Å². The number of carbonyl (C=O) groups is 2. The van der Waals surface area contributed by atoms with E-state index < -0.39 is 16.9 Å². The fourth-order valence-electron chi connectivity index (χ4n) is 1.77. The van der Waals surface area contributed by atoms with Crippen molar-refractivity contribution < 1.29 is 19.6 Å². The van der Waals surface area contributed by atoms with E-state index in [0.717, 1.165) is 0 Å². The predicted octanol–water partition coefficient (Wildman–Crippen LogP) is 1.05. The summed E-state index contributed by atoms with van der Waals surface area (Å²) in [5, 5.41) is 23.8. The molecular formula is C12H18N4O5. The summed E-state index contributed by atoms with van der Waals surface area (Å²) >= 11 is 0. The number of nitrogens with zero attached hydrogens (tertiary/aromatic N) is 2. The Morgan fingerprint density at radius 1 is 1.38 bits per heavy atom. The van der Waals surface area contributed by atoms with Crippen LogP contribution < -0.4 is 10.6 Å². The molecule has 21 heavy (non-hydrogen) atoms. The summed E-state index contributed by atoms with van der Waals surface area (Å²) in [6, 6.07) is 1.21. The van der Waals surface area contributed by atoms with Crippen molar-refractivity contribution in [1.29, 1.82) is 0 Å². The summed E-state index contributed by atoms with van der Waals surface area (Å²) in [4.78, 5) is 32.5. The summed E-state index contributed by atoms with van der Waals surface area (Å²) in [6.07, 6.45) is 0.146. The van der Waals surface area contributed by atoms with Crippen molar-refractivity contribution in [1.82, 2.24) is 15.2 Å². The predicted molar refractivity (Wildman–Crippen MR) is 74.3 cm³/mol. The van der Waals surface area contributed by atoms with Crippen molar-refractivity contribution in [2.45, 2.75) is 20.4 Å². The van der Waals surface area contributed by atoms with Gasteiger partial charge in [-0.25, -0.2) is 4.79 Å². The first-order valence-electron chi connectivity index (χ1n) is 6.40. The maximum atomic E-state index is 12.0. The molecule has 3 N–H and O–H groups in total. The number of aromatic nitrogens is 1. The van der Waals surface area contributed by atoms with Crippen molar-refractivity contribution in [2.75, 3.05) is 13.1 Å². The van der Waals surface area contributed by atoms with Crippen LogP contribution in [0.15, 0.2) is 12.3 Å². The Morgan fingerprint density at radius 3 is 2.52 bits per heavy atom. The first kappa shape index (κ1) is 16.5. The van der Waals surface area contributed by atoms with E-state index in [1.165, 1.54) is 16.8 Å². The summed E-state index contributed by atoms with van der Waals surface area (Å²) in [5.41, 5.74) is 0.0372. The molecule has 0 aliphatic rings. The van der Waals surface area contributed by atoms with Crippen molar-refractivity contribution in [2.24, 2.45) is 5.92 Å². The molecule has 0 aliphatic carbocycles. The molecule has 9 nitrogen and oxygen atoms in total. The Balaban J connectivity index is 2.76. The van der Waals surface area contributed by atoms with Gasteiger partial charge in [-0.2, -0.15) is 0 Å². The Hall–Kier alpha value is -2.58. The van der Waals surface area contributed by atoms with E-state index in [4.69, 9.17) is 5.11 Å². The second-order valence-electron chi connectivity index (χ2n) is 4.87. The highest BCUT2D eigenvalue weighted by Crippen LogP contribution is 2.18. The van der Waals surface area contributed by atoms with E-state index in [2.05, 4.69) is 10.6 Å². The Kier molecular flexibility index (Phi) is 5.70. The van der Waals surface area contributed by atoms with Crippen molar-refractivity contribution in [3.05, 3.63) is 28.1 Å². The lowest BCUT2D eigenvalue weighted by Gasteiger charge is -2.11. The molecule has 0 atom stereocenters. The third-order valence-corrected chi connectivity index (χ3v) is 2.57. The average molecular weight is 298 g/mol. The number of nitro groups is 1. The minimum absolute atomic E-state index is 0.0635. The smallest absolute Gasteiger partial charge is 0.404 e. The van der Waals surface area contributed by atoms with E-state index in [9.17, 15) is 19.7 Å². The van der Waals surface area contributed by atoms with E-state index in [-0.39, 0.29) is 30.4 Å². The number of nitrogens with one attached hydrogen (secondary N) is 2. The molecule has 1 heterocycles. The van der Waals surface area contributed by atoms with Crippen molar-refractivity contribution in [3.63, 3.8) is 0 Å². The van der Waals surface area contributed by atoms with E-state index in [1.807, 2.05) is 13.8 Å². The van der Waals surface area contributed by atoms with Gasteiger partial charge in [0.15, 0.2) is 0 Å². The van der Waals surface area contributed by atoms with Gasteiger partial charge >= 0.3 is 6.09 Å². The molecule has 1 aromatic heterocycles. The highest BCUT2D eigenvalue weighted by atomic mass is 16.6. The number of amides is 2. The Bertz CT molecular complexity index is 538. The van der Waals surface area contributed by atoms with Gasteiger partial charge in [0.25, 0.3) is 11.6 Å². The van der Waals surface area contributed by atoms with Gasteiger partial charge in [0.1, 0.15) is 5.69 Å². The number of rotatable bonds is 7. The summed E-state index contributed by atoms with van der Waals surface area (Å²) < 4.78 is 1.53. The van der Waals surface area contributed by atoms with Crippen molar-refractivity contribution in [3.8, 4) is 0 Å². The topological polar surface area (TPSA) is 126 Å². The largest absolute Gasteiger partial charge is 0.465 e. The third-order valence-electron chi connectivity index (χ3n) is 2.57. The maximum Gasteiger partial charge on any atom is 0.404 e. The van der Waals surface area contributed by atoms with Crippen LogP contribution in [0.4, 0.5) is 10.5 Å². The number of hydrogen-bond acceptors (Lipinski definition) is 4. The van der Waals surface area contributed by atoms with Gasteiger partial charge in [-0.3, -0.25) is 14.9 Å². The number of carboxylic acid groups (broad SMARTS) is 1. The van der Waals surface area contributed by atoms with Gasteiger partial charge in [-0.1, -0.05) is 13.8 Å². The van der Waals surface area contributed by atoms with Crippen LogP contribution in [0.3, 0.4) is 0 Å². The van der Waals surface area contributed by atoms with Gasteiger partial charge in [0.2, 0.25) is 0 Å². The molecule has 0 fully saturated rings. The lowest BCUT2D eigenvalue weighted by Crippen LogP contribution is -2.34. The SMILES string of the molecule is CC(C)Cn1cc([N+](=O)[O-])cc1C(=O)NCCNC(=O)O. The monoisotopic (exact) mass is 298 g/mol. The Morgan fingerprint density at radius 2 is 2.00 bits per heavy atom. The zero-order chi connectivity index (χ0) is 16.0. The summed E-state index contributed by atoms with van der Waals surface area (Å²) in [7, 11) is 0. The molecule has 0 aromatic carbocycles. The molecule has 1 rings (SSSR count). The van der Waals surface area contributed by atoms with Gasteiger partial charge in [0, 0.05) is 25.7 Å². The molecular weight excluding hydrogens is 280 g/mol. The van der Waals surface area contributed by atoms with Crippen LogP contribution in [-0.2, 0) is 6.54 Å². The third kappa shape index (κ3) is 5.13. The molecule has 116 valence electrons. The fourth-order valence-corrected chi connectivity index (χ4v) is 1.77. The molecule has 2 amide bonds. The van der Waals surface area contributed by atoms with Crippen LogP contribution in [0.5, 0.6) is 0 Å². The lowest BCUT2D eigenvalue weighted by molar-refractivity contribution is -0.384. The van der Waals surface area contributed by atoms with Crippen LogP contribution in [-0.4, -0.2) is 39.7 Å². The molecule has 0 saturated heterocycles. The first-order chi connectivity index (χ1) is 9.81. The Labute approximate surface area is 121 Å². The van der Waals surface area contributed by atoms with Crippen LogP contribution in [0.2, 0.25) is 0 Å². The lowest BCUT2D eigenvalue weighted by atomic mass is 10.2. The fraction of sp³-hybridized carbons (Fsp3) is 0.500. The first-order valence-corrected chi connectivity index (χ1v) is 6.40. The summed E-state index contributed by atoms with van der Waals surface area (Å²) in [6.45, 7) is 4.51. The minimum Gasteiger partial charge on any atom is -0.465 e. The van der Waals surface area contributed by atoms with Gasteiger partial charge in [-0.15, -0.1) is 0 Å². The van der Waals surface area contributed by atoms with Gasteiger partial charge < -0.3 is 20.3 Å². The molecule has 9 heteroatoms.